The van der Waals surface area contributed by atoms with E-state index in [-0.39, 0.29) is 0 Å². The van der Waals surface area contributed by atoms with Crippen LogP contribution in [0.3, 0.4) is 0 Å². The summed E-state index contributed by atoms with van der Waals surface area (Å²) in [6.45, 7) is 6.79. The predicted octanol–water partition coefficient (Wildman–Crippen LogP) is 7.91. The van der Waals surface area contributed by atoms with E-state index in [1.807, 2.05) is 0 Å². The third-order valence-electron chi connectivity index (χ3n) is 5.17. The zero-order valence-electron chi connectivity index (χ0n) is 16.6. The summed E-state index contributed by atoms with van der Waals surface area (Å²) in [7, 11) is 0. The molecule has 0 fully saturated rings. The Bertz CT molecular complexity index is 624. The molecule has 0 aliphatic carbocycles. The zero-order chi connectivity index (χ0) is 17.9. The molecule has 0 saturated heterocycles. The molecule has 0 atom stereocenters. The molecular weight excluding hydrogens is 300 g/mol. The van der Waals surface area contributed by atoms with Crippen molar-refractivity contribution in [3.8, 4) is 11.1 Å². The van der Waals surface area contributed by atoms with Crippen LogP contribution in [-0.4, -0.2) is 0 Å². The number of unbranched alkanes of at least 4 members (excludes halogenated alkanes) is 6. The van der Waals surface area contributed by atoms with Gasteiger partial charge in [-0.15, -0.1) is 0 Å². The summed E-state index contributed by atoms with van der Waals surface area (Å²) >= 11 is 0. The minimum absolute atomic E-state index is 1.21. The SMILES string of the molecule is CCCCCCc1ccccc1-c1ccc(C)cc1CCCCCC. The maximum Gasteiger partial charge on any atom is -0.0149 e. The fourth-order valence-corrected chi connectivity index (χ4v) is 3.68. The highest BCUT2D eigenvalue weighted by Gasteiger charge is 2.09. The molecule has 0 aromatic heterocycles. The van der Waals surface area contributed by atoms with Gasteiger partial charge in [-0.2, -0.15) is 0 Å². The third kappa shape index (κ3) is 6.34. The van der Waals surface area contributed by atoms with E-state index in [1.165, 1.54) is 92.0 Å². The lowest BCUT2D eigenvalue weighted by Crippen LogP contribution is -1.96. The predicted molar refractivity (Wildman–Crippen MR) is 112 cm³/mol. The molecule has 0 nitrogen and oxygen atoms in total. The third-order valence-corrected chi connectivity index (χ3v) is 5.17. The average Bonchev–Trinajstić information content (AvgIpc) is 2.63. The van der Waals surface area contributed by atoms with Crippen molar-refractivity contribution in [2.75, 3.05) is 0 Å². The lowest BCUT2D eigenvalue weighted by molar-refractivity contribution is 0.665. The standard InChI is InChI=1S/C25H36/c1-4-6-8-10-14-22-15-12-13-17-24(22)25-19-18-21(3)20-23(25)16-11-9-7-5-2/h12-13,15,17-20H,4-11,14,16H2,1-3H3. The van der Waals surface area contributed by atoms with Gasteiger partial charge in [0.25, 0.3) is 0 Å². The number of rotatable bonds is 11. The molecule has 0 amide bonds. The van der Waals surface area contributed by atoms with E-state index >= 15 is 0 Å². The molecule has 0 spiro atoms. The Labute approximate surface area is 155 Å². The van der Waals surface area contributed by atoms with Gasteiger partial charge in [0, 0.05) is 0 Å². The van der Waals surface area contributed by atoms with E-state index in [0.29, 0.717) is 0 Å². The highest BCUT2D eigenvalue weighted by Crippen LogP contribution is 2.30. The number of aryl methyl sites for hydroxylation is 3. The Morgan fingerprint density at radius 3 is 1.88 bits per heavy atom. The maximum atomic E-state index is 2.41. The molecule has 0 N–H and O–H groups in total. The average molecular weight is 337 g/mol. The number of hydrogen-bond acceptors (Lipinski definition) is 0. The van der Waals surface area contributed by atoms with E-state index in [2.05, 4.69) is 63.2 Å². The van der Waals surface area contributed by atoms with Crippen LogP contribution in [-0.2, 0) is 12.8 Å². The van der Waals surface area contributed by atoms with Gasteiger partial charge in [0.2, 0.25) is 0 Å². The molecule has 0 radical (unpaired) electrons. The van der Waals surface area contributed by atoms with Crippen molar-refractivity contribution >= 4 is 0 Å². The van der Waals surface area contributed by atoms with Gasteiger partial charge in [0.05, 0.1) is 0 Å². The summed E-state index contributed by atoms with van der Waals surface area (Å²) in [6.07, 6.45) is 13.1. The highest BCUT2D eigenvalue weighted by atomic mass is 14.1. The van der Waals surface area contributed by atoms with Gasteiger partial charge in [-0.1, -0.05) is 100 Å². The second-order valence-electron chi connectivity index (χ2n) is 7.44. The van der Waals surface area contributed by atoms with Crippen molar-refractivity contribution in [2.24, 2.45) is 0 Å². The molecule has 0 heterocycles. The molecule has 0 saturated carbocycles. The van der Waals surface area contributed by atoms with Gasteiger partial charge in [0.1, 0.15) is 0 Å². The zero-order valence-corrected chi connectivity index (χ0v) is 16.6. The Morgan fingerprint density at radius 2 is 1.20 bits per heavy atom. The minimum Gasteiger partial charge on any atom is -0.0654 e. The lowest BCUT2D eigenvalue weighted by Gasteiger charge is -2.15. The highest BCUT2D eigenvalue weighted by molar-refractivity contribution is 5.71. The van der Waals surface area contributed by atoms with Crippen LogP contribution in [0.2, 0.25) is 0 Å². The Morgan fingerprint density at radius 1 is 0.600 bits per heavy atom. The van der Waals surface area contributed by atoms with E-state index in [0.717, 1.165) is 0 Å². The smallest absolute Gasteiger partial charge is 0.0149 e. The Hall–Kier alpha value is -1.56. The fraction of sp³-hybridized carbons (Fsp3) is 0.520. The van der Waals surface area contributed by atoms with Gasteiger partial charge >= 0.3 is 0 Å². The van der Waals surface area contributed by atoms with Crippen molar-refractivity contribution in [3.63, 3.8) is 0 Å². The topological polar surface area (TPSA) is 0 Å². The van der Waals surface area contributed by atoms with Crippen molar-refractivity contribution in [2.45, 2.75) is 85.0 Å². The van der Waals surface area contributed by atoms with Crippen LogP contribution < -0.4 is 0 Å². The van der Waals surface area contributed by atoms with Crippen LogP contribution >= 0.6 is 0 Å². The molecule has 0 heteroatoms. The molecule has 0 aliphatic heterocycles. The first-order valence-electron chi connectivity index (χ1n) is 10.4. The van der Waals surface area contributed by atoms with Gasteiger partial charge in [-0.3, -0.25) is 0 Å². The summed E-state index contributed by atoms with van der Waals surface area (Å²) in [5.41, 5.74) is 7.38. The van der Waals surface area contributed by atoms with Crippen molar-refractivity contribution in [1.82, 2.24) is 0 Å². The maximum absolute atomic E-state index is 2.41. The molecule has 2 aromatic carbocycles. The van der Waals surface area contributed by atoms with Gasteiger partial charge in [-0.25, -0.2) is 0 Å². The molecule has 25 heavy (non-hydrogen) atoms. The molecule has 136 valence electrons. The normalized spacial score (nSPS) is 11.0. The quantitative estimate of drug-likeness (QED) is 0.366. The first-order valence-corrected chi connectivity index (χ1v) is 10.4. The van der Waals surface area contributed by atoms with Gasteiger partial charge in [-0.05, 0) is 54.9 Å². The summed E-state index contributed by atoms with van der Waals surface area (Å²) in [5.74, 6) is 0. The molecule has 2 rings (SSSR count). The molecule has 0 unspecified atom stereocenters. The first-order chi connectivity index (χ1) is 12.3. The number of hydrogen-bond donors (Lipinski definition) is 0. The summed E-state index contributed by atoms with van der Waals surface area (Å²) in [4.78, 5) is 0. The summed E-state index contributed by atoms with van der Waals surface area (Å²) in [6, 6.07) is 16.1. The monoisotopic (exact) mass is 336 g/mol. The Balaban J connectivity index is 2.19. The van der Waals surface area contributed by atoms with Crippen LogP contribution in [0.1, 0.15) is 81.9 Å². The second-order valence-corrected chi connectivity index (χ2v) is 7.44. The van der Waals surface area contributed by atoms with E-state index in [9.17, 15) is 0 Å². The van der Waals surface area contributed by atoms with Gasteiger partial charge in [0.15, 0.2) is 0 Å². The molecular formula is C25H36. The molecule has 0 bridgehead atoms. The van der Waals surface area contributed by atoms with Crippen molar-refractivity contribution in [1.29, 1.82) is 0 Å². The van der Waals surface area contributed by atoms with Crippen LogP contribution in [0.25, 0.3) is 11.1 Å². The van der Waals surface area contributed by atoms with Crippen LogP contribution in [0.4, 0.5) is 0 Å². The van der Waals surface area contributed by atoms with Crippen LogP contribution in [0.15, 0.2) is 42.5 Å². The minimum atomic E-state index is 1.21. The number of benzene rings is 2. The van der Waals surface area contributed by atoms with Crippen LogP contribution in [0.5, 0.6) is 0 Å². The lowest BCUT2D eigenvalue weighted by atomic mass is 9.90. The molecule has 2 aromatic rings. The van der Waals surface area contributed by atoms with Gasteiger partial charge < -0.3 is 0 Å². The second kappa shape index (κ2) is 11.1. The van der Waals surface area contributed by atoms with Crippen molar-refractivity contribution < 1.29 is 0 Å². The molecule has 0 aliphatic rings. The Kier molecular flexibility index (Phi) is 8.80. The summed E-state index contributed by atoms with van der Waals surface area (Å²) in [5, 5.41) is 0. The van der Waals surface area contributed by atoms with E-state index < -0.39 is 0 Å². The summed E-state index contributed by atoms with van der Waals surface area (Å²) < 4.78 is 0. The fourth-order valence-electron chi connectivity index (χ4n) is 3.68. The van der Waals surface area contributed by atoms with Crippen LogP contribution in [0, 0.1) is 6.92 Å². The van der Waals surface area contributed by atoms with E-state index in [4.69, 9.17) is 0 Å². The largest absolute Gasteiger partial charge is 0.0654 e. The first kappa shape index (κ1) is 19.8. The van der Waals surface area contributed by atoms with Crippen molar-refractivity contribution in [3.05, 3.63) is 59.2 Å². The van der Waals surface area contributed by atoms with E-state index in [1.54, 1.807) is 0 Å².